The number of ether oxygens (including phenoxy) is 1. The highest BCUT2D eigenvalue weighted by atomic mass is 35.5. The largest absolute Gasteiger partial charge is 0.573 e. The molecule has 0 radical (unpaired) electrons. The number of hydrogen-bond acceptors (Lipinski definition) is 4. The van der Waals surface area contributed by atoms with Crippen LogP contribution in [0, 0.1) is 0 Å². The summed E-state index contributed by atoms with van der Waals surface area (Å²) in [5.41, 5.74) is 3.55. The predicted octanol–water partition coefficient (Wildman–Crippen LogP) is 4.30. The second-order valence-corrected chi connectivity index (χ2v) is 4.83. The number of halogens is 4. The van der Waals surface area contributed by atoms with Gasteiger partial charge in [-0.25, -0.2) is 4.79 Å². The van der Waals surface area contributed by atoms with Gasteiger partial charge >= 0.3 is 12.3 Å². The molecule has 0 saturated carbocycles. The number of carboxylic acid groups (broad SMARTS) is 1. The molecule has 0 amide bonds. The summed E-state index contributed by atoms with van der Waals surface area (Å²) in [4.78, 5) is 10.8. The number of nitrogens with one attached hydrogen (secondary N) is 1. The zero-order valence-electron chi connectivity index (χ0n) is 11.8. The maximum absolute atomic E-state index is 12.0. The number of alkyl halides is 3. The molecule has 0 fully saturated rings. The quantitative estimate of drug-likeness (QED) is 0.617. The summed E-state index contributed by atoms with van der Waals surface area (Å²) >= 11 is 5.97. The van der Waals surface area contributed by atoms with Gasteiger partial charge < -0.3 is 9.84 Å². The minimum absolute atomic E-state index is 0.0579. The number of hydrazone groups is 1. The van der Waals surface area contributed by atoms with Crippen LogP contribution in [0.5, 0.6) is 5.75 Å². The minimum Gasteiger partial charge on any atom is -0.478 e. The molecule has 0 spiro atoms. The molecule has 0 atom stereocenters. The molecular formula is C15H10ClF3N2O3. The second kappa shape index (κ2) is 7.22. The van der Waals surface area contributed by atoms with Gasteiger partial charge in [0.1, 0.15) is 5.75 Å². The van der Waals surface area contributed by atoms with Crippen molar-refractivity contribution < 1.29 is 27.8 Å². The lowest BCUT2D eigenvalue weighted by molar-refractivity contribution is -0.274. The Balaban J connectivity index is 2.02. The first-order chi connectivity index (χ1) is 11.2. The Morgan fingerprint density at radius 2 is 1.58 bits per heavy atom. The lowest BCUT2D eigenvalue weighted by Gasteiger charge is -2.09. The summed E-state index contributed by atoms with van der Waals surface area (Å²) in [5, 5.41) is 12.7. The number of nitrogens with zero attached hydrogens (tertiary/aromatic N) is 1. The third kappa shape index (κ3) is 5.17. The third-order valence-electron chi connectivity index (χ3n) is 2.74. The number of benzene rings is 2. The van der Waals surface area contributed by atoms with E-state index in [1.807, 2.05) is 0 Å². The minimum atomic E-state index is -4.75. The first-order valence-corrected chi connectivity index (χ1v) is 6.81. The molecule has 0 saturated heterocycles. The van der Waals surface area contributed by atoms with Crippen molar-refractivity contribution in [1.29, 1.82) is 0 Å². The average molecular weight is 359 g/mol. The van der Waals surface area contributed by atoms with Crippen LogP contribution in [-0.2, 0) is 0 Å². The number of rotatable bonds is 5. The summed E-state index contributed by atoms with van der Waals surface area (Å²) in [6, 6.07) is 10.6. The van der Waals surface area contributed by atoms with Crippen LogP contribution in [0.25, 0.3) is 0 Å². The Kier molecular flexibility index (Phi) is 5.30. The molecule has 0 bridgehead atoms. The van der Waals surface area contributed by atoms with Gasteiger partial charge in [0.15, 0.2) is 5.17 Å². The van der Waals surface area contributed by atoms with E-state index in [0.717, 1.165) is 12.1 Å². The Bertz CT molecular complexity index is 744. The molecule has 24 heavy (non-hydrogen) atoms. The Hall–Kier alpha value is -2.74. The number of carboxylic acids is 1. The van der Waals surface area contributed by atoms with E-state index in [9.17, 15) is 18.0 Å². The van der Waals surface area contributed by atoms with Crippen LogP contribution in [0.2, 0.25) is 0 Å². The van der Waals surface area contributed by atoms with Crippen LogP contribution >= 0.6 is 11.6 Å². The van der Waals surface area contributed by atoms with Crippen molar-refractivity contribution in [2.75, 3.05) is 5.43 Å². The molecule has 2 N–H and O–H groups in total. The van der Waals surface area contributed by atoms with Crippen LogP contribution < -0.4 is 10.2 Å². The molecule has 2 aromatic carbocycles. The fourth-order valence-electron chi connectivity index (χ4n) is 1.66. The second-order valence-electron chi connectivity index (χ2n) is 4.47. The van der Waals surface area contributed by atoms with E-state index in [4.69, 9.17) is 16.7 Å². The molecule has 0 aliphatic carbocycles. The van der Waals surface area contributed by atoms with Crippen molar-refractivity contribution in [3.05, 3.63) is 59.7 Å². The topological polar surface area (TPSA) is 70.9 Å². The summed E-state index contributed by atoms with van der Waals surface area (Å²) in [6.45, 7) is 0. The molecule has 0 unspecified atom stereocenters. The molecule has 126 valence electrons. The number of hydrogen-bond donors (Lipinski definition) is 2. The van der Waals surface area contributed by atoms with Crippen molar-refractivity contribution in [1.82, 2.24) is 0 Å². The summed E-state index contributed by atoms with van der Waals surface area (Å²) in [5.74, 6) is -1.42. The normalized spacial score (nSPS) is 11.9. The van der Waals surface area contributed by atoms with Crippen LogP contribution in [0.15, 0.2) is 53.6 Å². The van der Waals surface area contributed by atoms with Gasteiger partial charge in [-0.15, -0.1) is 13.2 Å². The van der Waals surface area contributed by atoms with Gasteiger partial charge in [0, 0.05) is 5.56 Å². The zero-order valence-corrected chi connectivity index (χ0v) is 12.6. The average Bonchev–Trinajstić information content (AvgIpc) is 2.52. The highest BCUT2D eigenvalue weighted by Crippen LogP contribution is 2.24. The summed E-state index contributed by atoms with van der Waals surface area (Å²) < 4.78 is 39.9. The molecule has 0 aliphatic rings. The summed E-state index contributed by atoms with van der Waals surface area (Å²) in [7, 11) is 0. The van der Waals surface area contributed by atoms with Crippen molar-refractivity contribution >= 4 is 28.4 Å². The van der Waals surface area contributed by atoms with E-state index >= 15 is 0 Å². The third-order valence-corrected chi connectivity index (χ3v) is 3.04. The zero-order chi connectivity index (χ0) is 17.7. The molecule has 0 aromatic heterocycles. The Labute approximate surface area is 139 Å². The van der Waals surface area contributed by atoms with Crippen molar-refractivity contribution in [3.63, 3.8) is 0 Å². The Morgan fingerprint density at radius 3 is 2.08 bits per heavy atom. The van der Waals surface area contributed by atoms with Crippen molar-refractivity contribution in [2.45, 2.75) is 6.36 Å². The van der Waals surface area contributed by atoms with Crippen LogP contribution in [0.4, 0.5) is 18.9 Å². The van der Waals surface area contributed by atoms with Gasteiger partial charge in [0.25, 0.3) is 0 Å². The van der Waals surface area contributed by atoms with Crippen molar-refractivity contribution in [3.8, 4) is 5.75 Å². The molecule has 5 nitrogen and oxygen atoms in total. The Morgan fingerprint density at radius 1 is 1.04 bits per heavy atom. The van der Waals surface area contributed by atoms with Gasteiger partial charge in [-0.2, -0.15) is 5.10 Å². The molecule has 0 heterocycles. The first-order valence-electron chi connectivity index (χ1n) is 6.43. The number of anilines is 1. The highest BCUT2D eigenvalue weighted by molar-refractivity contribution is 6.69. The maximum atomic E-state index is 12.0. The molecule has 2 aromatic rings. The van der Waals surface area contributed by atoms with Gasteiger partial charge in [0.2, 0.25) is 0 Å². The smallest absolute Gasteiger partial charge is 0.478 e. The van der Waals surface area contributed by atoms with E-state index in [2.05, 4.69) is 15.3 Å². The van der Waals surface area contributed by atoms with Gasteiger partial charge in [-0.05, 0) is 36.4 Å². The van der Waals surface area contributed by atoms with Crippen LogP contribution in [0.3, 0.4) is 0 Å². The van der Waals surface area contributed by atoms with Crippen LogP contribution in [0.1, 0.15) is 15.9 Å². The standard InChI is InChI=1S/C15H10ClF3N2O3/c16-13(9-1-3-10(4-2-9)14(22)23)21-20-11-5-7-12(8-6-11)24-15(17,18)19/h1-8,20H,(H,22,23). The highest BCUT2D eigenvalue weighted by Gasteiger charge is 2.30. The first kappa shape index (κ1) is 17.6. The van der Waals surface area contributed by atoms with Gasteiger partial charge in [-0.3, -0.25) is 5.43 Å². The molecular weight excluding hydrogens is 349 g/mol. The van der Waals surface area contributed by atoms with E-state index in [1.54, 1.807) is 0 Å². The van der Waals surface area contributed by atoms with E-state index in [-0.39, 0.29) is 16.5 Å². The van der Waals surface area contributed by atoms with E-state index in [1.165, 1.54) is 36.4 Å². The summed E-state index contributed by atoms with van der Waals surface area (Å²) in [6.07, 6.45) is -4.75. The number of aromatic carboxylic acids is 1. The van der Waals surface area contributed by atoms with E-state index < -0.39 is 12.3 Å². The van der Waals surface area contributed by atoms with Crippen LogP contribution in [-0.4, -0.2) is 22.6 Å². The maximum Gasteiger partial charge on any atom is 0.573 e. The van der Waals surface area contributed by atoms with Crippen molar-refractivity contribution in [2.24, 2.45) is 5.10 Å². The van der Waals surface area contributed by atoms with Gasteiger partial charge in [0.05, 0.1) is 11.3 Å². The van der Waals surface area contributed by atoms with Gasteiger partial charge in [-0.1, -0.05) is 23.7 Å². The number of carbonyl (C=O) groups is 1. The fraction of sp³-hybridized carbons (Fsp3) is 0.0667. The monoisotopic (exact) mass is 358 g/mol. The lowest BCUT2D eigenvalue weighted by atomic mass is 10.1. The SMILES string of the molecule is O=C(O)c1ccc(C(Cl)=NNc2ccc(OC(F)(F)F)cc2)cc1. The fourth-order valence-corrected chi connectivity index (χ4v) is 1.83. The molecule has 9 heteroatoms. The predicted molar refractivity (Wildman–Crippen MR) is 82.5 cm³/mol. The molecule has 2 rings (SSSR count). The lowest BCUT2D eigenvalue weighted by Crippen LogP contribution is -2.16. The van der Waals surface area contributed by atoms with E-state index in [0.29, 0.717) is 11.3 Å². The molecule has 0 aliphatic heterocycles.